The predicted octanol–water partition coefficient (Wildman–Crippen LogP) is 0.132. The molecule has 0 saturated heterocycles. The number of nitrogens with zero attached hydrogens (tertiary/aromatic N) is 1. The highest BCUT2D eigenvalue weighted by Crippen LogP contribution is 2.08. The predicted molar refractivity (Wildman–Crippen MR) is 46.2 cm³/mol. The van der Waals surface area contributed by atoms with Crippen LogP contribution in [0, 0.1) is 6.92 Å². The highest BCUT2D eigenvalue weighted by molar-refractivity contribution is 5.81. The van der Waals surface area contributed by atoms with Crippen molar-refractivity contribution >= 4 is 5.91 Å². The SMILES string of the molecule is [CH2]C(=O)NC1=C(C)C=CNN1C. The second-order valence-electron chi connectivity index (χ2n) is 2.60. The molecule has 0 fully saturated rings. The number of amides is 1. The molecule has 1 aliphatic heterocycles. The molecule has 1 radical (unpaired) electrons. The Balaban J connectivity index is 2.81. The number of hydrogen-bond donors (Lipinski definition) is 2. The van der Waals surface area contributed by atoms with E-state index in [1.54, 1.807) is 11.2 Å². The second kappa shape index (κ2) is 3.30. The Morgan fingerprint density at radius 2 is 2.42 bits per heavy atom. The number of nitrogens with one attached hydrogen (secondary N) is 2. The molecular formula is C8H12N3O. The third-order valence-electron chi connectivity index (χ3n) is 1.57. The topological polar surface area (TPSA) is 44.4 Å². The molecular weight excluding hydrogens is 154 g/mol. The highest BCUT2D eigenvalue weighted by atomic mass is 16.1. The van der Waals surface area contributed by atoms with Crippen LogP contribution < -0.4 is 10.7 Å². The molecule has 0 aliphatic carbocycles. The van der Waals surface area contributed by atoms with Crippen LogP contribution in [0.15, 0.2) is 23.7 Å². The van der Waals surface area contributed by atoms with Crippen LogP contribution in [0.25, 0.3) is 0 Å². The molecule has 1 amide bonds. The summed E-state index contributed by atoms with van der Waals surface area (Å²) in [5.74, 6) is 0.422. The van der Waals surface area contributed by atoms with Gasteiger partial charge in [0.15, 0.2) is 0 Å². The van der Waals surface area contributed by atoms with Crippen LogP contribution in [-0.4, -0.2) is 18.0 Å². The van der Waals surface area contributed by atoms with Crippen LogP contribution in [0.1, 0.15) is 6.92 Å². The molecule has 4 heteroatoms. The number of hydrazine groups is 1. The van der Waals surface area contributed by atoms with Gasteiger partial charge in [0.25, 0.3) is 0 Å². The number of carbonyl (C=O) groups is 1. The van der Waals surface area contributed by atoms with Crippen molar-refractivity contribution in [3.63, 3.8) is 0 Å². The van der Waals surface area contributed by atoms with Gasteiger partial charge in [0.2, 0.25) is 5.91 Å². The average Bonchev–Trinajstić information content (AvgIpc) is 1.97. The van der Waals surface area contributed by atoms with E-state index in [-0.39, 0.29) is 5.91 Å². The van der Waals surface area contributed by atoms with E-state index >= 15 is 0 Å². The lowest BCUT2D eigenvalue weighted by Crippen LogP contribution is -2.40. The molecule has 0 saturated carbocycles. The standard InChI is InChI=1S/C8H12N3O/c1-6-4-5-9-11(3)8(6)10-7(2)12/h4-5,9H,2H2,1,3H3,(H,10,12). The Bertz CT molecular complexity index is 255. The van der Waals surface area contributed by atoms with Gasteiger partial charge in [-0.2, -0.15) is 0 Å². The molecule has 1 rings (SSSR count). The molecule has 65 valence electrons. The molecule has 0 unspecified atom stereocenters. The van der Waals surface area contributed by atoms with Crippen LogP contribution >= 0.6 is 0 Å². The monoisotopic (exact) mass is 166 g/mol. The zero-order valence-corrected chi connectivity index (χ0v) is 7.22. The van der Waals surface area contributed by atoms with Crippen molar-refractivity contribution in [2.45, 2.75) is 6.92 Å². The maximum absolute atomic E-state index is 10.7. The first-order valence-corrected chi connectivity index (χ1v) is 3.61. The van der Waals surface area contributed by atoms with Crippen molar-refractivity contribution in [1.29, 1.82) is 0 Å². The number of carbonyl (C=O) groups excluding carboxylic acids is 1. The fourth-order valence-corrected chi connectivity index (χ4v) is 0.997. The zero-order valence-electron chi connectivity index (χ0n) is 7.22. The van der Waals surface area contributed by atoms with Gasteiger partial charge in [-0.1, -0.05) is 0 Å². The second-order valence-corrected chi connectivity index (χ2v) is 2.60. The van der Waals surface area contributed by atoms with Gasteiger partial charge < -0.3 is 10.7 Å². The lowest BCUT2D eigenvalue weighted by molar-refractivity contribution is -0.116. The minimum Gasteiger partial charge on any atom is -0.311 e. The maximum Gasteiger partial charge on any atom is 0.226 e. The molecule has 0 atom stereocenters. The van der Waals surface area contributed by atoms with Gasteiger partial charge in [-0.3, -0.25) is 9.80 Å². The number of allylic oxidation sites excluding steroid dienone is 2. The largest absolute Gasteiger partial charge is 0.311 e. The van der Waals surface area contributed by atoms with Crippen LogP contribution in [0.2, 0.25) is 0 Å². The zero-order chi connectivity index (χ0) is 9.14. The van der Waals surface area contributed by atoms with Crippen molar-refractivity contribution < 1.29 is 4.79 Å². The maximum atomic E-state index is 10.7. The third kappa shape index (κ3) is 1.78. The first-order valence-electron chi connectivity index (χ1n) is 3.61. The first-order chi connectivity index (χ1) is 5.61. The summed E-state index contributed by atoms with van der Waals surface area (Å²) in [5, 5.41) is 4.34. The summed E-state index contributed by atoms with van der Waals surface area (Å²) in [7, 11) is 1.82. The average molecular weight is 166 g/mol. The van der Waals surface area contributed by atoms with Gasteiger partial charge in [-0.25, -0.2) is 0 Å². The van der Waals surface area contributed by atoms with Crippen molar-refractivity contribution in [3.8, 4) is 0 Å². The molecule has 0 aromatic rings. The number of hydrogen-bond acceptors (Lipinski definition) is 3. The van der Waals surface area contributed by atoms with Crippen LogP contribution in [0.5, 0.6) is 0 Å². The number of rotatable bonds is 1. The summed E-state index contributed by atoms with van der Waals surface area (Å²) in [6, 6.07) is 0. The summed E-state index contributed by atoms with van der Waals surface area (Å²) in [6.07, 6.45) is 3.68. The van der Waals surface area contributed by atoms with Crippen LogP contribution in [0.3, 0.4) is 0 Å². The molecule has 4 nitrogen and oxygen atoms in total. The summed E-state index contributed by atoms with van der Waals surface area (Å²) in [6.45, 7) is 5.15. The molecule has 12 heavy (non-hydrogen) atoms. The summed E-state index contributed by atoms with van der Waals surface area (Å²) < 4.78 is 0. The lowest BCUT2D eigenvalue weighted by Gasteiger charge is -2.26. The molecule has 1 aliphatic rings. The quantitative estimate of drug-likeness (QED) is 0.582. The van der Waals surface area contributed by atoms with Gasteiger partial charge in [-0.15, -0.1) is 0 Å². The highest BCUT2D eigenvalue weighted by Gasteiger charge is 2.10. The summed E-state index contributed by atoms with van der Waals surface area (Å²) >= 11 is 0. The fourth-order valence-electron chi connectivity index (χ4n) is 0.997. The molecule has 1 heterocycles. The Morgan fingerprint density at radius 3 is 2.92 bits per heavy atom. The van der Waals surface area contributed by atoms with Crippen LogP contribution in [-0.2, 0) is 4.79 Å². The van der Waals surface area contributed by atoms with E-state index in [0.29, 0.717) is 0 Å². The van der Waals surface area contributed by atoms with Crippen LogP contribution in [0.4, 0.5) is 0 Å². The van der Waals surface area contributed by atoms with E-state index in [4.69, 9.17) is 0 Å². The molecule has 2 N–H and O–H groups in total. The normalized spacial score (nSPS) is 16.1. The Labute approximate surface area is 71.9 Å². The molecule has 0 spiro atoms. The van der Waals surface area contributed by atoms with E-state index < -0.39 is 0 Å². The third-order valence-corrected chi connectivity index (χ3v) is 1.57. The van der Waals surface area contributed by atoms with Gasteiger partial charge in [0.1, 0.15) is 5.82 Å². The van der Waals surface area contributed by atoms with Crippen molar-refractivity contribution in [1.82, 2.24) is 15.8 Å². The minimum atomic E-state index is -0.312. The van der Waals surface area contributed by atoms with Gasteiger partial charge >= 0.3 is 0 Å². The van der Waals surface area contributed by atoms with E-state index in [0.717, 1.165) is 11.4 Å². The molecule has 0 aromatic carbocycles. The summed E-state index contributed by atoms with van der Waals surface area (Å²) in [4.78, 5) is 10.7. The first kappa shape index (κ1) is 8.64. The van der Waals surface area contributed by atoms with Crippen molar-refractivity contribution in [2.24, 2.45) is 0 Å². The van der Waals surface area contributed by atoms with Gasteiger partial charge in [0.05, 0.1) is 0 Å². The Hall–Kier alpha value is -1.45. The van der Waals surface area contributed by atoms with Crippen molar-refractivity contribution in [3.05, 3.63) is 30.6 Å². The minimum absolute atomic E-state index is 0.312. The Morgan fingerprint density at radius 1 is 1.75 bits per heavy atom. The molecule has 0 aromatic heterocycles. The van der Waals surface area contributed by atoms with E-state index in [1.807, 2.05) is 20.0 Å². The van der Waals surface area contributed by atoms with E-state index in [1.165, 1.54) is 0 Å². The van der Waals surface area contributed by atoms with E-state index in [2.05, 4.69) is 17.7 Å². The van der Waals surface area contributed by atoms with Crippen molar-refractivity contribution in [2.75, 3.05) is 7.05 Å². The van der Waals surface area contributed by atoms with E-state index in [9.17, 15) is 4.79 Å². The Kier molecular flexibility index (Phi) is 2.38. The summed E-state index contributed by atoms with van der Waals surface area (Å²) in [5.41, 5.74) is 3.91. The van der Waals surface area contributed by atoms with Gasteiger partial charge in [0, 0.05) is 20.2 Å². The smallest absolute Gasteiger partial charge is 0.226 e. The fraction of sp³-hybridized carbons (Fsp3) is 0.250. The molecule has 0 bridgehead atoms. The van der Waals surface area contributed by atoms with Gasteiger partial charge in [-0.05, 0) is 18.6 Å². The lowest BCUT2D eigenvalue weighted by atomic mass is 10.2.